The Morgan fingerprint density at radius 2 is 2.50 bits per heavy atom. The number of hydrogen-bond donors (Lipinski definition) is 0. The molecule has 1 aliphatic rings. The van der Waals surface area contributed by atoms with E-state index in [9.17, 15) is 8.76 Å². The molecule has 8 heavy (non-hydrogen) atoms. The van der Waals surface area contributed by atoms with Gasteiger partial charge in [0.1, 0.15) is 0 Å². The van der Waals surface area contributed by atoms with Crippen LogP contribution in [0.2, 0.25) is 0 Å². The first-order chi connectivity index (χ1) is 3.70. The van der Waals surface area contributed by atoms with Gasteiger partial charge < -0.3 is 4.55 Å². The SMILES string of the molecule is CC1CN1CS(=O)[O-]. The van der Waals surface area contributed by atoms with Crippen molar-refractivity contribution in [2.24, 2.45) is 0 Å². The van der Waals surface area contributed by atoms with Crippen LogP contribution in [-0.2, 0) is 11.1 Å². The number of rotatable bonds is 2. The quantitative estimate of drug-likeness (QED) is 0.378. The number of hydrogen-bond acceptors (Lipinski definition) is 3. The van der Waals surface area contributed by atoms with Crippen LogP contribution in [0.25, 0.3) is 0 Å². The first kappa shape index (κ1) is 6.19. The van der Waals surface area contributed by atoms with Gasteiger partial charge in [0, 0.05) is 12.6 Å². The normalized spacial score (nSPS) is 39.2. The van der Waals surface area contributed by atoms with Gasteiger partial charge in [0.05, 0.1) is 5.88 Å². The van der Waals surface area contributed by atoms with Crippen molar-refractivity contribution in [3.05, 3.63) is 0 Å². The van der Waals surface area contributed by atoms with Crippen LogP contribution in [0.4, 0.5) is 0 Å². The van der Waals surface area contributed by atoms with Crippen molar-refractivity contribution in [2.45, 2.75) is 13.0 Å². The lowest BCUT2D eigenvalue weighted by molar-refractivity contribution is 0.504. The molecule has 0 aliphatic carbocycles. The van der Waals surface area contributed by atoms with E-state index in [0.29, 0.717) is 6.04 Å². The molecule has 0 saturated carbocycles. The van der Waals surface area contributed by atoms with Crippen LogP contribution < -0.4 is 0 Å². The molecule has 1 heterocycles. The Hall–Kier alpha value is 0.0700. The van der Waals surface area contributed by atoms with Gasteiger partial charge in [0.25, 0.3) is 0 Å². The van der Waals surface area contributed by atoms with Gasteiger partial charge in [-0.05, 0) is 18.0 Å². The fourth-order valence-electron chi connectivity index (χ4n) is 0.608. The maximum Gasteiger partial charge on any atom is 0.0616 e. The summed E-state index contributed by atoms with van der Waals surface area (Å²) in [4.78, 5) is 1.88. The van der Waals surface area contributed by atoms with Crippen LogP contribution in [0.3, 0.4) is 0 Å². The lowest BCUT2D eigenvalue weighted by Gasteiger charge is -2.03. The highest BCUT2D eigenvalue weighted by molar-refractivity contribution is 7.79. The minimum atomic E-state index is -1.88. The van der Waals surface area contributed by atoms with Gasteiger partial charge in [-0.15, -0.1) is 0 Å². The fraction of sp³-hybridized carbons (Fsp3) is 1.00. The Labute approximate surface area is 51.0 Å². The molecule has 48 valence electrons. The van der Waals surface area contributed by atoms with E-state index in [1.54, 1.807) is 0 Å². The minimum absolute atomic E-state index is 0.209. The van der Waals surface area contributed by atoms with Crippen LogP contribution in [0.15, 0.2) is 0 Å². The molecule has 1 rings (SSSR count). The molecule has 1 aliphatic heterocycles. The molecule has 0 aromatic rings. The summed E-state index contributed by atoms with van der Waals surface area (Å²) in [6, 6.07) is 0.493. The van der Waals surface area contributed by atoms with Crippen molar-refractivity contribution in [1.29, 1.82) is 0 Å². The van der Waals surface area contributed by atoms with E-state index in [2.05, 4.69) is 0 Å². The first-order valence-electron chi connectivity index (χ1n) is 2.50. The zero-order valence-electron chi connectivity index (χ0n) is 4.66. The monoisotopic (exact) mass is 134 g/mol. The van der Waals surface area contributed by atoms with Crippen LogP contribution in [0.1, 0.15) is 6.92 Å². The molecule has 1 saturated heterocycles. The summed E-state index contributed by atoms with van der Waals surface area (Å²) in [6.45, 7) is 2.95. The third-order valence-corrected chi connectivity index (χ3v) is 1.80. The Morgan fingerprint density at radius 1 is 2.00 bits per heavy atom. The van der Waals surface area contributed by atoms with Crippen LogP contribution in [-0.4, -0.2) is 32.1 Å². The molecule has 0 spiro atoms. The van der Waals surface area contributed by atoms with Gasteiger partial charge in [0.15, 0.2) is 0 Å². The van der Waals surface area contributed by atoms with E-state index >= 15 is 0 Å². The van der Waals surface area contributed by atoms with E-state index < -0.39 is 11.1 Å². The highest BCUT2D eigenvalue weighted by atomic mass is 32.2. The van der Waals surface area contributed by atoms with Crippen molar-refractivity contribution in [3.8, 4) is 0 Å². The molecule has 0 aromatic heterocycles. The average Bonchev–Trinajstić information content (AvgIpc) is 2.17. The molecule has 0 amide bonds. The first-order valence-corrected chi connectivity index (χ1v) is 3.74. The van der Waals surface area contributed by atoms with Crippen molar-refractivity contribution in [2.75, 3.05) is 12.4 Å². The third-order valence-electron chi connectivity index (χ3n) is 1.26. The minimum Gasteiger partial charge on any atom is -0.771 e. The molecule has 0 N–H and O–H groups in total. The zero-order chi connectivity index (χ0) is 6.15. The standard InChI is InChI=1S/C4H9NO2S/c1-4-2-5(4)3-8(6)7/h4H,2-3H2,1H3,(H,6,7)/p-1. The van der Waals surface area contributed by atoms with Crippen molar-refractivity contribution in [3.63, 3.8) is 0 Å². The molecule has 0 radical (unpaired) electrons. The van der Waals surface area contributed by atoms with Crippen molar-refractivity contribution in [1.82, 2.24) is 4.90 Å². The lowest BCUT2D eigenvalue weighted by Crippen LogP contribution is -2.07. The van der Waals surface area contributed by atoms with E-state index in [0.717, 1.165) is 6.54 Å². The summed E-state index contributed by atoms with van der Waals surface area (Å²) in [5.41, 5.74) is 0. The second-order valence-corrected chi connectivity index (χ2v) is 2.92. The molecule has 4 heteroatoms. The summed E-state index contributed by atoms with van der Waals surface area (Å²) in [5.74, 6) is 0.209. The topological polar surface area (TPSA) is 43.1 Å². The Bertz CT molecular complexity index is 117. The molecular formula is C4H8NO2S-. The zero-order valence-corrected chi connectivity index (χ0v) is 5.48. The van der Waals surface area contributed by atoms with Gasteiger partial charge in [-0.2, -0.15) is 0 Å². The second kappa shape index (κ2) is 2.13. The molecule has 0 aromatic carbocycles. The fourth-order valence-corrected chi connectivity index (χ4v) is 1.24. The third kappa shape index (κ3) is 1.54. The van der Waals surface area contributed by atoms with E-state index in [1.807, 2.05) is 11.8 Å². The summed E-state index contributed by atoms with van der Waals surface area (Å²) in [6.07, 6.45) is 0. The average molecular weight is 134 g/mol. The van der Waals surface area contributed by atoms with Gasteiger partial charge in [-0.3, -0.25) is 9.11 Å². The predicted molar refractivity (Wildman–Crippen MR) is 30.0 cm³/mol. The summed E-state index contributed by atoms with van der Waals surface area (Å²) in [7, 11) is 0. The molecule has 1 fully saturated rings. The molecule has 0 bridgehead atoms. The van der Waals surface area contributed by atoms with Gasteiger partial charge >= 0.3 is 0 Å². The van der Waals surface area contributed by atoms with Crippen LogP contribution >= 0.6 is 0 Å². The Morgan fingerprint density at radius 3 is 2.62 bits per heavy atom. The summed E-state index contributed by atoms with van der Waals surface area (Å²) >= 11 is -1.88. The van der Waals surface area contributed by atoms with E-state index in [4.69, 9.17) is 0 Å². The lowest BCUT2D eigenvalue weighted by atomic mass is 10.6. The van der Waals surface area contributed by atoms with Gasteiger partial charge in [0.2, 0.25) is 0 Å². The molecular weight excluding hydrogens is 126 g/mol. The molecule has 3 atom stereocenters. The maximum atomic E-state index is 9.95. The molecule has 3 unspecified atom stereocenters. The van der Waals surface area contributed by atoms with Gasteiger partial charge in [-0.25, -0.2) is 0 Å². The Kier molecular flexibility index (Phi) is 1.65. The summed E-state index contributed by atoms with van der Waals surface area (Å²) in [5, 5.41) is 0. The maximum absolute atomic E-state index is 9.95. The highest BCUT2D eigenvalue weighted by Gasteiger charge is 2.27. The van der Waals surface area contributed by atoms with Gasteiger partial charge in [-0.1, -0.05) is 0 Å². The van der Waals surface area contributed by atoms with E-state index in [-0.39, 0.29) is 5.88 Å². The predicted octanol–water partition coefficient (Wildman–Crippen LogP) is -0.473. The van der Waals surface area contributed by atoms with Crippen molar-refractivity contribution >= 4 is 11.1 Å². The molecule has 3 nitrogen and oxygen atoms in total. The Balaban J connectivity index is 2.14. The van der Waals surface area contributed by atoms with Crippen LogP contribution in [0.5, 0.6) is 0 Å². The van der Waals surface area contributed by atoms with Crippen molar-refractivity contribution < 1.29 is 8.76 Å². The summed E-state index contributed by atoms with van der Waals surface area (Å²) < 4.78 is 19.9. The van der Waals surface area contributed by atoms with Crippen LogP contribution in [0, 0.1) is 0 Å². The largest absolute Gasteiger partial charge is 0.771 e. The second-order valence-electron chi connectivity index (χ2n) is 2.05. The smallest absolute Gasteiger partial charge is 0.0616 e. The van der Waals surface area contributed by atoms with E-state index in [1.165, 1.54) is 0 Å². The number of nitrogens with zero attached hydrogens (tertiary/aromatic N) is 1. The highest BCUT2D eigenvalue weighted by Crippen LogP contribution is 2.14.